The van der Waals surface area contributed by atoms with Crippen LogP contribution in [0.3, 0.4) is 0 Å². The van der Waals surface area contributed by atoms with E-state index in [1.807, 2.05) is 0 Å². The zero-order valence-electron chi connectivity index (χ0n) is 19.6. The third-order valence-electron chi connectivity index (χ3n) is 4.97. The Hall–Kier alpha value is -2.33. The molecular formula is C21H34F3N3O5. The number of alkyl carbamates (subject to hydrolysis) is 1. The molecule has 0 radical (unpaired) electrons. The fourth-order valence-corrected chi connectivity index (χ4v) is 3.39. The van der Waals surface area contributed by atoms with Gasteiger partial charge in [-0.05, 0) is 45.4 Å². The van der Waals surface area contributed by atoms with Gasteiger partial charge in [0.15, 0.2) is 0 Å². The second kappa shape index (κ2) is 10.5. The van der Waals surface area contributed by atoms with E-state index in [-0.39, 0.29) is 18.9 Å². The summed E-state index contributed by atoms with van der Waals surface area (Å²) in [6.07, 6.45) is -5.19. The SMILES string of the molecule is CC(C)C(NC(=O)C1CCCN1C(=O)[C@@H](NC(=O)OC(C)(C)C)C(C)C)C(=O)C(F)(F)F. The van der Waals surface area contributed by atoms with E-state index in [0.29, 0.717) is 6.42 Å². The van der Waals surface area contributed by atoms with Crippen molar-refractivity contribution in [3.63, 3.8) is 0 Å². The summed E-state index contributed by atoms with van der Waals surface area (Å²) in [6, 6.07) is -3.77. The number of ketones is 1. The number of halogens is 3. The number of hydrogen-bond acceptors (Lipinski definition) is 5. The van der Waals surface area contributed by atoms with Gasteiger partial charge < -0.3 is 20.3 Å². The van der Waals surface area contributed by atoms with Crippen molar-refractivity contribution >= 4 is 23.7 Å². The van der Waals surface area contributed by atoms with Gasteiger partial charge in [-0.1, -0.05) is 27.7 Å². The van der Waals surface area contributed by atoms with E-state index >= 15 is 0 Å². The van der Waals surface area contributed by atoms with Gasteiger partial charge in [-0.2, -0.15) is 13.2 Å². The molecule has 11 heteroatoms. The molecule has 1 saturated heterocycles. The van der Waals surface area contributed by atoms with Crippen LogP contribution in [0, 0.1) is 11.8 Å². The highest BCUT2D eigenvalue weighted by atomic mass is 19.4. The quantitative estimate of drug-likeness (QED) is 0.602. The summed E-state index contributed by atoms with van der Waals surface area (Å²) in [5, 5.41) is 4.69. The maximum Gasteiger partial charge on any atom is 0.452 e. The number of alkyl halides is 3. The number of hydrogen-bond donors (Lipinski definition) is 2. The zero-order valence-corrected chi connectivity index (χ0v) is 19.6. The first-order chi connectivity index (χ1) is 14.5. The number of amides is 3. The number of likely N-dealkylation sites (tertiary alicyclic amines) is 1. The van der Waals surface area contributed by atoms with Gasteiger partial charge in [0, 0.05) is 6.54 Å². The third-order valence-corrected chi connectivity index (χ3v) is 4.97. The lowest BCUT2D eigenvalue weighted by Gasteiger charge is -2.32. The van der Waals surface area contributed by atoms with Crippen LogP contribution in [0.4, 0.5) is 18.0 Å². The van der Waals surface area contributed by atoms with E-state index in [2.05, 4.69) is 10.6 Å². The Bertz CT molecular complexity index is 716. The van der Waals surface area contributed by atoms with Crippen LogP contribution in [-0.2, 0) is 19.1 Å². The Kier molecular flexibility index (Phi) is 9.11. The lowest BCUT2D eigenvalue weighted by molar-refractivity contribution is -0.175. The van der Waals surface area contributed by atoms with Gasteiger partial charge in [0.2, 0.25) is 11.8 Å². The molecular weight excluding hydrogens is 431 g/mol. The van der Waals surface area contributed by atoms with E-state index in [0.717, 1.165) is 0 Å². The molecule has 2 unspecified atom stereocenters. The van der Waals surface area contributed by atoms with Gasteiger partial charge in [-0.3, -0.25) is 14.4 Å². The van der Waals surface area contributed by atoms with Crippen LogP contribution in [0.25, 0.3) is 0 Å². The zero-order chi connectivity index (χ0) is 25.0. The number of nitrogens with zero attached hydrogens (tertiary/aromatic N) is 1. The smallest absolute Gasteiger partial charge is 0.444 e. The molecule has 0 aromatic heterocycles. The Morgan fingerprint density at radius 3 is 1.91 bits per heavy atom. The number of Topliss-reactive ketones (excluding diaryl/α,β-unsaturated/α-hetero) is 1. The first kappa shape index (κ1) is 27.7. The highest BCUT2D eigenvalue weighted by Crippen LogP contribution is 2.24. The van der Waals surface area contributed by atoms with Crippen LogP contribution in [0.2, 0.25) is 0 Å². The van der Waals surface area contributed by atoms with Crippen LogP contribution < -0.4 is 10.6 Å². The Labute approximate surface area is 186 Å². The van der Waals surface area contributed by atoms with Crippen LogP contribution in [0.15, 0.2) is 0 Å². The fraction of sp³-hybridized carbons (Fsp3) is 0.810. The molecule has 0 saturated carbocycles. The first-order valence-corrected chi connectivity index (χ1v) is 10.7. The Morgan fingerprint density at radius 2 is 1.47 bits per heavy atom. The molecule has 1 heterocycles. The fourth-order valence-electron chi connectivity index (χ4n) is 3.39. The van der Waals surface area contributed by atoms with E-state index in [9.17, 15) is 32.3 Å². The largest absolute Gasteiger partial charge is 0.452 e. The first-order valence-electron chi connectivity index (χ1n) is 10.7. The highest BCUT2D eigenvalue weighted by Gasteiger charge is 2.46. The molecule has 0 aromatic carbocycles. The summed E-state index contributed by atoms with van der Waals surface area (Å²) < 4.78 is 43.9. The van der Waals surface area contributed by atoms with E-state index < -0.39 is 59.5 Å². The predicted molar refractivity (Wildman–Crippen MR) is 111 cm³/mol. The van der Waals surface area contributed by atoms with Crippen molar-refractivity contribution in [2.45, 2.75) is 91.2 Å². The average Bonchev–Trinajstić information content (AvgIpc) is 3.10. The van der Waals surface area contributed by atoms with Gasteiger partial charge in [0.05, 0.1) is 6.04 Å². The molecule has 1 aliphatic heterocycles. The minimum Gasteiger partial charge on any atom is -0.444 e. The second-order valence-electron chi connectivity index (χ2n) is 9.65. The third kappa shape index (κ3) is 7.67. The van der Waals surface area contributed by atoms with Gasteiger partial charge in [0.1, 0.15) is 17.7 Å². The minimum atomic E-state index is -5.09. The molecule has 2 N–H and O–H groups in total. The van der Waals surface area contributed by atoms with Gasteiger partial charge in [-0.25, -0.2) is 4.79 Å². The molecule has 0 bridgehead atoms. The molecule has 0 aliphatic carbocycles. The van der Waals surface area contributed by atoms with Gasteiger partial charge >= 0.3 is 12.3 Å². The molecule has 0 aromatic rings. The number of carbonyl (C=O) groups excluding carboxylic acids is 4. The maximum atomic E-state index is 13.1. The predicted octanol–water partition coefficient (Wildman–Crippen LogP) is 2.80. The summed E-state index contributed by atoms with van der Waals surface area (Å²) in [6.45, 7) is 11.4. The van der Waals surface area contributed by atoms with Crippen molar-refractivity contribution in [1.29, 1.82) is 0 Å². The molecule has 1 aliphatic rings. The van der Waals surface area contributed by atoms with E-state index in [4.69, 9.17) is 4.74 Å². The molecule has 1 rings (SSSR count). The molecule has 3 atom stereocenters. The van der Waals surface area contributed by atoms with Crippen LogP contribution >= 0.6 is 0 Å². The summed E-state index contributed by atoms with van der Waals surface area (Å²) >= 11 is 0. The summed E-state index contributed by atoms with van der Waals surface area (Å²) in [5.74, 6) is -4.53. The molecule has 32 heavy (non-hydrogen) atoms. The summed E-state index contributed by atoms with van der Waals surface area (Å²) in [7, 11) is 0. The van der Waals surface area contributed by atoms with Crippen molar-refractivity contribution in [3.05, 3.63) is 0 Å². The van der Waals surface area contributed by atoms with Crippen molar-refractivity contribution in [2.75, 3.05) is 6.54 Å². The number of nitrogens with one attached hydrogen (secondary N) is 2. The average molecular weight is 466 g/mol. The van der Waals surface area contributed by atoms with Crippen LogP contribution in [-0.4, -0.2) is 65.0 Å². The van der Waals surface area contributed by atoms with Gasteiger partial charge in [-0.15, -0.1) is 0 Å². The summed E-state index contributed by atoms with van der Waals surface area (Å²) in [4.78, 5) is 51.1. The number of carbonyl (C=O) groups is 4. The Balaban J connectivity index is 2.99. The Morgan fingerprint density at radius 1 is 0.938 bits per heavy atom. The van der Waals surface area contributed by atoms with Crippen LogP contribution in [0.5, 0.6) is 0 Å². The highest BCUT2D eigenvalue weighted by molar-refractivity contribution is 5.96. The molecule has 0 spiro atoms. The topological polar surface area (TPSA) is 105 Å². The lowest BCUT2D eigenvalue weighted by atomic mass is 9.98. The molecule has 1 fully saturated rings. The van der Waals surface area contributed by atoms with E-state index in [1.165, 1.54) is 18.7 Å². The van der Waals surface area contributed by atoms with Crippen LogP contribution in [0.1, 0.15) is 61.3 Å². The monoisotopic (exact) mass is 465 g/mol. The van der Waals surface area contributed by atoms with Crippen molar-refractivity contribution in [3.8, 4) is 0 Å². The maximum absolute atomic E-state index is 13.1. The molecule has 8 nitrogen and oxygen atoms in total. The lowest BCUT2D eigenvalue weighted by Crippen LogP contribution is -2.58. The second-order valence-corrected chi connectivity index (χ2v) is 9.65. The van der Waals surface area contributed by atoms with E-state index in [1.54, 1.807) is 34.6 Å². The van der Waals surface area contributed by atoms with Crippen molar-refractivity contribution < 1.29 is 37.1 Å². The van der Waals surface area contributed by atoms with Crippen molar-refractivity contribution in [2.24, 2.45) is 11.8 Å². The standard InChI is InChI=1S/C21H34F3N3O5/c1-11(2)14(16(28)21(22,23)24)25-17(29)13-9-8-10-27(13)18(30)15(12(3)4)26-19(31)32-20(5,6)7/h11-15H,8-10H2,1-7H3,(H,25,29)(H,26,31)/t13?,14?,15-/m0/s1. The number of ether oxygens (including phenoxy) is 1. The number of rotatable bonds is 7. The van der Waals surface area contributed by atoms with Gasteiger partial charge in [0.25, 0.3) is 5.78 Å². The summed E-state index contributed by atoms with van der Waals surface area (Å²) in [5.41, 5.74) is -0.776. The molecule has 3 amide bonds. The van der Waals surface area contributed by atoms with Crippen molar-refractivity contribution in [1.82, 2.24) is 15.5 Å². The normalized spacial score (nSPS) is 19.0. The minimum absolute atomic E-state index is 0.204. The molecule has 184 valence electrons.